The number of allylic oxidation sites excluding steroid dienone is 4. The van der Waals surface area contributed by atoms with Crippen molar-refractivity contribution in [1.29, 1.82) is 0 Å². The summed E-state index contributed by atoms with van der Waals surface area (Å²) >= 11 is 0. The number of carbonyl (C=O) groups is 1. The topological polar surface area (TPSA) is 57.8 Å². The number of rotatable bonds is 2. The maximum Gasteiger partial charge on any atom is 0.226 e. The van der Waals surface area contributed by atoms with E-state index in [1.54, 1.807) is 0 Å². The van der Waals surface area contributed by atoms with Crippen molar-refractivity contribution >= 4 is 17.3 Å². The van der Waals surface area contributed by atoms with E-state index >= 15 is 0 Å². The first-order chi connectivity index (χ1) is 10.6. The van der Waals surface area contributed by atoms with E-state index in [2.05, 4.69) is 15.5 Å². The Balaban J connectivity index is 1.87. The highest BCUT2D eigenvalue weighted by atomic mass is 19.1. The van der Waals surface area contributed by atoms with Gasteiger partial charge in [0, 0.05) is 24.0 Å². The molecule has 2 aromatic rings. The van der Waals surface area contributed by atoms with Crippen LogP contribution in [0.1, 0.15) is 29.2 Å². The third-order valence-electron chi connectivity index (χ3n) is 3.98. The normalized spacial score (nSPS) is 19.3. The van der Waals surface area contributed by atoms with Crippen LogP contribution in [-0.4, -0.2) is 16.1 Å². The SMILES string of the molecule is O=C1CC(c2ccc(F)cc2F)c2c(n[nH]c2C2=CC=C2)N1. The lowest BCUT2D eigenvalue weighted by Gasteiger charge is -2.24. The molecule has 6 heteroatoms. The number of fused-ring (bicyclic) bond motifs is 1. The molecule has 1 amide bonds. The van der Waals surface area contributed by atoms with E-state index in [0.29, 0.717) is 11.4 Å². The van der Waals surface area contributed by atoms with Gasteiger partial charge in [0.1, 0.15) is 11.6 Å². The molecule has 0 fully saturated rings. The first kappa shape index (κ1) is 12.9. The van der Waals surface area contributed by atoms with Crippen LogP contribution in [0.2, 0.25) is 0 Å². The predicted octanol–water partition coefficient (Wildman–Crippen LogP) is 3.12. The van der Waals surface area contributed by atoms with Crippen LogP contribution in [0.4, 0.5) is 14.6 Å². The van der Waals surface area contributed by atoms with Crippen LogP contribution < -0.4 is 5.32 Å². The van der Waals surface area contributed by atoms with Crippen LogP contribution in [0.3, 0.4) is 0 Å². The van der Waals surface area contributed by atoms with Crippen molar-refractivity contribution in [2.45, 2.75) is 12.3 Å². The number of benzene rings is 1. The molecule has 22 heavy (non-hydrogen) atoms. The van der Waals surface area contributed by atoms with E-state index in [1.807, 2.05) is 18.2 Å². The number of halogens is 2. The summed E-state index contributed by atoms with van der Waals surface area (Å²) in [6, 6.07) is 3.43. The van der Waals surface area contributed by atoms with E-state index in [0.717, 1.165) is 22.9 Å². The van der Waals surface area contributed by atoms with Crippen molar-refractivity contribution in [3.63, 3.8) is 0 Å². The van der Waals surface area contributed by atoms with Crippen molar-refractivity contribution in [1.82, 2.24) is 10.2 Å². The quantitative estimate of drug-likeness (QED) is 0.895. The molecular formula is C16H11F2N3O. The first-order valence-corrected chi connectivity index (χ1v) is 6.85. The number of hydrogen-bond acceptors (Lipinski definition) is 2. The summed E-state index contributed by atoms with van der Waals surface area (Å²) in [5, 5.41) is 9.68. The van der Waals surface area contributed by atoms with Gasteiger partial charge in [0.15, 0.2) is 5.82 Å². The zero-order valence-corrected chi connectivity index (χ0v) is 11.4. The third kappa shape index (κ3) is 1.88. The second kappa shape index (κ2) is 4.62. The Morgan fingerprint density at radius 3 is 2.77 bits per heavy atom. The maximum atomic E-state index is 14.2. The van der Waals surface area contributed by atoms with Gasteiger partial charge in [-0.1, -0.05) is 24.3 Å². The summed E-state index contributed by atoms with van der Waals surface area (Å²) in [6.45, 7) is 0. The van der Waals surface area contributed by atoms with Crippen LogP contribution in [0.5, 0.6) is 0 Å². The summed E-state index contributed by atoms with van der Waals surface area (Å²) < 4.78 is 27.3. The number of carbonyl (C=O) groups excluding carboxylic acids is 1. The van der Waals surface area contributed by atoms with Gasteiger partial charge in [0.25, 0.3) is 0 Å². The Bertz CT molecular complexity index is 851. The summed E-state index contributed by atoms with van der Waals surface area (Å²) in [5.74, 6) is -1.62. The summed E-state index contributed by atoms with van der Waals surface area (Å²) in [4.78, 5) is 11.9. The number of aromatic nitrogens is 2. The highest BCUT2D eigenvalue weighted by Gasteiger charge is 2.34. The van der Waals surface area contributed by atoms with Crippen molar-refractivity contribution in [2.75, 3.05) is 5.32 Å². The van der Waals surface area contributed by atoms with Crippen molar-refractivity contribution in [3.05, 3.63) is 64.9 Å². The largest absolute Gasteiger partial charge is 0.309 e. The number of aromatic amines is 1. The van der Waals surface area contributed by atoms with Crippen molar-refractivity contribution in [3.8, 4) is 0 Å². The highest BCUT2D eigenvalue weighted by Crippen LogP contribution is 2.42. The summed E-state index contributed by atoms with van der Waals surface area (Å²) in [7, 11) is 0. The molecule has 0 saturated carbocycles. The molecule has 110 valence electrons. The van der Waals surface area contributed by atoms with Gasteiger partial charge >= 0.3 is 0 Å². The molecular weight excluding hydrogens is 288 g/mol. The Morgan fingerprint density at radius 2 is 2.09 bits per heavy atom. The lowest BCUT2D eigenvalue weighted by Crippen LogP contribution is -2.24. The van der Waals surface area contributed by atoms with Crippen LogP contribution in [-0.2, 0) is 4.79 Å². The molecule has 1 atom stereocenters. The average Bonchev–Trinajstić information content (AvgIpc) is 2.79. The Kier molecular flexibility index (Phi) is 2.72. The summed E-state index contributed by atoms with van der Waals surface area (Å²) in [5.41, 5.74) is 2.73. The van der Waals surface area contributed by atoms with Gasteiger partial charge in [0.2, 0.25) is 5.91 Å². The Labute approximate surface area is 124 Å². The summed E-state index contributed by atoms with van der Waals surface area (Å²) in [6.07, 6.45) is 5.79. The lowest BCUT2D eigenvalue weighted by atomic mass is 9.83. The molecule has 2 heterocycles. The predicted molar refractivity (Wildman–Crippen MR) is 77.2 cm³/mol. The smallest absolute Gasteiger partial charge is 0.226 e. The van der Waals surface area contributed by atoms with Gasteiger partial charge in [-0.3, -0.25) is 9.89 Å². The molecule has 1 aliphatic heterocycles. The van der Waals surface area contributed by atoms with Crippen LogP contribution in [0.25, 0.3) is 5.57 Å². The average molecular weight is 299 g/mol. The number of nitrogens with zero attached hydrogens (tertiary/aromatic N) is 1. The van der Waals surface area contributed by atoms with Crippen LogP contribution in [0.15, 0.2) is 36.4 Å². The number of H-pyrrole nitrogens is 1. The van der Waals surface area contributed by atoms with Gasteiger partial charge in [-0.2, -0.15) is 5.10 Å². The molecule has 0 saturated heterocycles. The van der Waals surface area contributed by atoms with Crippen LogP contribution in [0, 0.1) is 11.6 Å². The number of amides is 1. The van der Waals surface area contributed by atoms with Gasteiger partial charge < -0.3 is 5.32 Å². The second-order valence-electron chi connectivity index (χ2n) is 5.31. The van der Waals surface area contributed by atoms with E-state index in [4.69, 9.17) is 0 Å². The second-order valence-corrected chi connectivity index (χ2v) is 5.31. The number of anilines is 1. The molecule has 2 N–H and O–H groups in total. The zero-order valence-electron chi connectivity index (χ0n) is 11.4. The van der Waals surface area contributed by atoms with E-state index in [9.17, 15) is 13.6 Å². The number of hydrogen-bond donors (Lipinski definition) is 2. The minimum Gasteiger partial charge on any atom is -0.309 e. The molecule has 1 aromatic heterocycles. The van der Waals surface area contributed by atoms with Gasteiger partial charge in [0.05, 0.1) is 5.69 Å². The fourth-order valence-corrected chi connectivity index (χ4v) is 2.88. The zero-order chi connectivity index (χ0) is 15.3. The molecule has 2 aliphatic rings. The van der Waals surface area contributed by atoms with Crippen LogP contribution >= 0.6 is 0 Å². The molecule has 1 aromatic carbocycles. The highest BCUT2D eigenvalue weighted by molar-refractivity contribution is 5.96. The minimum absolute atomic E-state index is 0.0963. The molecule has 0 spiro atoms. The Hall–Kier alpha value is -2.76. The molecule has 1 aliphatic carbocycles. The molecule has 4 nitrogen and oxygen atoms in total. The van der Waals surface area contributed by atoms with Gasteiger partial charge in [-0.15, -0.1) is 0 Å². The van der Waals surface area contributed by atoms with Crippen molar-refractivity contribution < 1.29 is 13.6 Å². The third-order valence-corrected chi connectivity index (χ3v) is 3.98. The monoisotopic (exact) mass is 299 g/mol. The molecule has 0 bridgehead atoms. The fraction of sp³-hybridized carbons (Fsp3) is 0.125. The lowest BCUT2D eigenvalue weighted by molar-refractivity contribution is -0.116. The molecule has 4 rings (SSSR count). The standard InChI is InChI=1S/C16H11F2N3O/c17-9-4-5-10(12(18)6-9)11-7-13(22)19-16-14(11)15(20-21-16)8-2-1-3-8/h1-6,11H,7H2,(H2,19,20,21,22). The Morgan fingerprint density at radius 1 is 1.27 bits per heavy atom. The first-order valence-electron chi connectivity index (χ1n) is 6.85. The van der Waals surface area contributed by atoms with Gasteiger partial charge in [-0.05, 0) is 17.2 Å². The van der Waals surface area contributed by atoms with Gasteiger partial charge in [-0.25, -0.2) is 8.78 Å². The minimum atomic E-state index is -0.657. The fourth-order valence-electron chi connectivity index (χ4n) is 2.88. The van der Waals surface area contributed by atoms with E-state index < -0.39 is 17.6 Å². The molecule has 1 unspecified atom stereocenters. The van der Waals surface area contributed by atoms with Crippen molar-refractivity contribution in [2.24, 2.45) is 0 Å². The maximum absolute atomic E-state index is 14.2. The van der Waals surface area contributed by atoms with E-state index in [-0.39, 0.29) is 12.3 Å². The number of nitrogens with one attached hydrogen (secondary N) is 2. The van der Waals surface area contributed by atoms with E-state index in [1.165, 1.54) is 12.1 Å². The molecule has 0 radical (unpaired) electrons.